The number of nitrogens with one attached hydrogen (secondary N) is 1. The Morgan fingerprint density at radius 3 is 2.23 bits per heavy atom. The molecule has 6 rings (SSSR count). The first kappa shape index (κ1) is 28.9. The molecule has 0 spiro atoms. The number of methoxy groups -OCH3 is 1. The fourth-order valence-corrected chi connectivity index (χ4v) is 6.19. The Hall–Kier alpha value is -5.15. The van der Waals surface area contributed by atoms with Gasteiger partial charge in [0.2, 0.25) is 0 Å². The van der Waals surface area contributed by atoms with Gasteiger partial charge in [0, 0.05) is 29.0 Å². The third-order valence-corrected chi connectivity index (χ3v) is 8.31. The molecule has 5 aromatic rings. The van der Waals surface area contributed by atoms with Gasteiger partial charge < -0.3 is 29.4 Å². The van der Waals surface area contributed by atoms with Crippen LogP contribution in [0.15, 0.2) is 97.2 Å². The molecule has 0 saturated carbocycles. The van der Waals surface area contributed by atoms with Crippen molar-refractivity contribution in [1.82, 2.24) is 14.9 Å². The average Bonchev–Trinajstić information content (AvgIpc) is 3.53. The lowest BCUT2D eigenvalue weighted by atomic mass is 9.96. The van der Waals surface area contributed by atoms with Crippen LogP contribution in [0.1, 0.15) is 50.7 Å². The average molecular weight is 605 g/mol. The minimum absolute atomic E-state index is 0.223. The molecule has 2 aromatic heterocycles. The zero-order valence-corrected chi connectivity index (χ0v) is 25.6. The molecule has 1 aliphatic heterocycles. The Morgan fingerprint density at radius 1 is 0.909 bits per heavy atom. The van der Waals surface area contributed by atoms with E-state index in [9.17, 15) is 9.90 Å². The van der Waals surface area contributed by atoms with Crippen LogP contribution in [-0.2, 0) is 0 Å². The van der Waals surface area contributed by atoms with E-state index in [0.717, 1.165) is 45.3 Å². The number of nitrogens with zero attached hydrogens (tertiary/aromatic N) is 3. The minimum Gasteiger partial charge on any atom is -0.497 e. The highest BCUT2D eigenvalue weighted by molar-refractivity contribution is 7.80. The second kappa shape index (κ2) is 11.9. The molecule has 0 radical (unpaired) electrons. The van der Waals surface area contributed by atoms with Crippen molar-refractivity contribution in [3.63, 3.8) is 0 Å². The van der Waals surface area contributed by atoms with E-state index in [2.05, 4.69) is 32.8 Å². The fraction of sp³-hybridized carbons (Fsp3) is 0.171. The van der Waals surface area contributed by atoms with Crippen LogP contribution in [0.2, 0.25) is 0 Å². The van der Waals surface area contributed by atoms with Crippen molar-refractivity contribution in [3.8, 4) is 22.9 Å². The summed E-state index contributed by atoms with van der Waals surface area (Å²) in [4.78, 5) is 18.6. The number of pyridine rings is 1. The van der Waals surface area contributed by atoms with Gasteiger partial charge in [-0.15, -0.1) is 0 Å². The van der Waals surface area contributed by atoms with Crippen LogP contribution in [0.5, 0.6) is 17.2 Å². The molecule has 2 N–H and O–H groups in total. The lowest BCUT2D eigenvalue weighted by Gasteiger charge is -2.28. The van der Waals surface area contributed by atoms with Crippen molar-refractivity contribution < 1.29 is 19.4 Å². The number of rotatable bonds is 8. The van der Waals surface area contributed by atoms with Crippen LogP contribution < -0.4 is 19.7 Å². The number of benzene rings is 3. The van der Waals surface area contributed by atoms with Gasteiger partial charge in [0.05, 0.1) is 30.5 Å². The van der Waals surface area contributed by atoms with E-state index < -0.39 is 5.97 Å². The molecular formula is C35H32N4O4S. The second-order valence-electron chi connectivity index (χ2n) is 10.7. The van der Waals surface area contributed by atoms with E-state index >= 15 is 0 Å². The van der Waals surface area contributed by atoms with Gasteiger partial charge in [0.1, 0.15) is 17.2 Å². The zero-order chi connectivity index (χ0) is 31.0. The quantitative estimate of drug-likeness (QED) is 0.176. The topological polar surface area (TPSA) is 88.9 Å². The number of thiocarbonyl (C=S) groups is 1. The third kappa shape index (κ3) is 5.38. The van der Waals surface area contributed by atoms with Gasteiger partial charge in [-0.2, -0.15) is 0 Å². The summed E-state index contributed by atoms with van der Waals surface area (Å²) in [5.74, 6) is 1.21. The lowest BCUT2D eigenvalue weighted by Crippen LogP contribution is -2.29. The molecule has 3 aromatic carbocycles. The molecule has 1 aliphatic rings. The summed E-state index contributed by atoms with van der Waals surface area (Å²) in [5.41, 5.74) is 6.88. The first-order chi connectivity index (χ1) is 21.2. The summed E-state index contributed by atoms with van der Waals surface area (Å²) in [6.07, 6.45) is 1.79. The first-order valence-electron chi connectivity index (χ1n) is 14.2. The van der Waals surface area contributed by atoms with Crippen molar-refractivity contribution in [3.05, 3.63) is 131 Å². The van der Waals surface area contributed by atoms with E-state index in [4.69, 9.17) is 21.7 Å². The maximum atomic E-state index is 11.8. The van der Waals surface area contributed by atoms with Gasteiger partial charge in [-0.05, 0) is 123 Å². The lowest BCUT2D eigenvalue weighted by molar-refractivity contribution is 0.0697. The smallest absolute Gasteiger partial charge is 0.335 e. The summed E-state index contributed by atoms with van der Waals surface area (Å²) in [7, 11) is 1.63. The van der Waals surface area contributed by atoms with Crippen molar-refractivity contribution in [2.24, 2.45) is 0 Å². The van der Waals surface area contributed by atoms with Gasteiger partial charge in [-0.3, -0.25) is 4.98 Å². The molecular weight excluding hydrogens is 572 g/mol. The molecule has 2 atom stereocenters. The van der Waals surface area contributed by atoms with Gasteiger partial charge in [-0.25, -0.2) is 4.79 Å². The van der Waals surface area contributed by atoms with Crippen LogP contribution in [0, 0.1) is 20.8 Å². The monoisotopic (exact) mass is 604 g/mol. The minimum atomic E-state index is -0.958. The predicted molar refractivity (Wildman–Crippen MR) is 174 cm³/mol. The fourth-order valence-electron chi connectivity index (χ4n) is 5.84. The molecule has 222 valence electrons. The van der Waals surface area contributed by atoms with Crippen LogP contribution in [-0.4, -0.2) is 32.8 Å². The predicted octanol–water partition coefficient (Wildman–Crippen LogP) is 7.47. The summed E-state index contributed by atoms with van der Waals surface area (Å²) in [6.45, 7) is 6.09. The number of ether oxygens (including phenoxy) is 2. The van der Waals surface area contributed by atoms with Crippen LogP contribution >= 0.6 is 12.2 Å². The summed E-state index contributed by atoms with van der Waals surface area (Å²) in [5, 5.41) is 13.8. The number of hydrogen-bond donors (Lipinski definition) is 2. The Kier molecular flexibility index (Phi) is 7.80. The number of carboxylic acid groups (broad SMARTS) is 1. The number of aromatic nitrogens is 2. The number of aromatic carboxylic acids is 1. The largest absolute Gasteiger partial charge is 0.497 e. The second-order valence-corrected chi connectivity index (χ2v) is 11.1. The first-order valence-corrected chi connectivity index (χ1v) is 14.6. The normalized spacial score (nSPS) is 16.1. The Labute approximate surface area is 261 Å². The van der Waals surface area contributed by atoms with Crippen molar-refractivity contribution in [1.29, 1.82) is 0 Å². The Morgan fingerprint density at radius 2 is 1.59 bits per heavy atom. The van der Waals surface area contributed by atoms with E-state index in [-0.39, 0.29) is 17.6 Å². The molecule has 3 heterocycles. The maximum Gasteiger partial charge on any atom is 0.335 e. The number of carbonyl (C=O) groups is 1. The highest BCUT2D eigenvalue weighted by Crippen LogP contribution is 2.44. The third-order valence-electron chi connectivity index (χ3n) is 7.99. The summed E-state index contributed by atoms with van der Waals surface area (Å²) in [6, 6.07) is 28.1. The highest BCUT2D eigenvalue weighted by Gasteiger charge is 2.42. The molecule has 0 bridgehead atoms. The maximum absolute atomic E-state index is 11.8. The standard InChI is InChI=1S/C35H32N4O4S/c1-21-8-9-24(34(40)41)20-31(21)38-22(2)19-29(23(38)3)33-32(30-7-5-6-18-36-30)37-35(44)39(33)25-10-12-27(13-11-25)43-28-16-14-26(42-4)15-17-28/h5-20,32-33H,1-4H3,(H,37,44)(H,40,41)/t32-,33+/m1/s1. The summed E-state index contributed by atoms with van der Waals surface area (Å²) >= 11 is 5.95. The SMILES string of the molecule is COc1ccc(Oc2ccc(N3C(=S)N[C@H](c4ccccn4)[C@@H]3c3cc(C)n(-c4cc(C(=O)O)ccc4C)c3C)cc2)cc1. The molecule has 0 unspecified atom stereocenters. The number of anilines is 1. The number of carboxylic acids is 1. The van der Waals surface area contributed by atoms with Crippen molar-refractivity contribution in [2.75, 3.05) is 12.0 Å². The zero-order valence-electron chi connectivity index (χ0n) is 24.8. The van der Waals surface area contributed by atoms with Crippen LogP contribution in [0.25, 0.3) is 5.69 Å². The van der Waals surface area contributed by atoms with E-state index in [0.29, 0.717) is 16.6 Å². The number of aryl methyl sites for hydroxylation is 2. The molecule has 0 amide bonds. The molecule has 8 nitrogen and oxygen atoms in total. The van der Waals surface area contributed by atoms with Gasteiger partial charge in [-0.1, -0.05) is 12.1 Å². The van der Waals surface area contributed by atoms with Crippen LogP contribution in [0.3, 0.4) is 0 Å². The van der Waals surface area contributed by atoms with Gasteiger partial charge in [0.25, 0.3) is 0 Å². The summed E-state index contributed by atoms with van der Waals surface area (Å²) < 4.78 is 13.4. The van der Waals surface area contributed by atoms with Crippen LogP contribution in [0.4, 0.5) is 5.69 Å². The highest BCUT2D eigenvalue weighted by atomic mass is 32.1. The van der Waals surface area contributed by atoms with E-state index in [1.807, 2.05) is 86.6 Å². The van der Waals surface area contributed by atoms with E-state index in [1.165, 1.54) is 0 Å². The molecule has 1 fully saturated rings. The number of hydrogen-bond acceptors (Lipinski definition) is 5. The van der Waals surface area contributed by atoms with E-state index in [1.54, 1.807) is 25.4 Å². The van der Waals surface area contributed by atoms with Gasteiger partial charge in [0.15, 0.2) is 5.11 Å². The van der Waals surface area contributed by atoms with Crippen molar-refractivity contribution in [2.45, 2.75) is 32.9 Å². The Bertz CT molecular complexity index is 1840. The molecule has 0 aliphatic carbocycles. The van der Waals surface area contributed by atoms with Crippen molar-refractivity contribution >= 4 is 29.0 Å². The molecule has 9 heteroatoms. The Balaban J connectivity index is 1.41. The van der Waals surface area contributed by atoms with Gasteiger partial charge >= 0.3 is 5.97 Å². The molecule has 1 saturated heterocycles. The molecule has 44 heavy (non-hydrogen) atoms.